The first kappa shape index (κ1) is 21.5. The Kier molecular flexibility index (Phi) is 6.11. The van der Waals surface area contributed by atoms with E-state index in [1.54, 1.807) is 10.7 Å². The number of ether oxygens (including phenoxy) is 1. The van der Waals surface area contributed by atoms with E-state index in [1.807, 2.05) is 77.9 Å². The van der Waals surface area contributed by atoms with E-state index in [0.29, 0.717) is 16.5 Å². The summed E-state index contributed by atoms with van der Waals surface area (Å²) in [5.74, 6) is 0.0645. The molecule has 6 heteroatoms. The van der Waals surface area contributed by atoms with Crippen molar-refractivity contribution >= 4 is 29.3 Å². The van der Waals surface area contributed by atoms with Crippen molar-refractivity contribution in [2.45, 2.75) is 56.9 Å². The smallest absolute Gasteiger partial charge is 0.344 e. The van der Waals surface area contributed by atoms with Gasteiger partial charge in [0, 0.05) is 9.92 Å². The normalized spacial score (nSPS) is 11.6. The standard InChI is InChI=1S/C23H25ClN2O2S/c1-14-7-8-17(13-15(14)2)22(27)28-21-20(16(3)25-26(21)23(4,5)6)29-19-11-9-18(24)10-12-19/h7-13H,1-6H3. The molecule has 0 aliphatic heterocycles. The second-order valence-electron chi connectivity index (χ2n) is 8.05. The summed E-state index contributed by atoms with van der Waals surface area (Å²) in [5.41, 5.74) is 3.17. The van der Waals surface area contributed by atoms with E-state index in [4.69, 9.17) is 16.3 Å². The highest BCUT2D eigenvalue weighted by Crippen LogP contribution is 2.40. The fourth-order valence-electron chi connectivity index (χ4n) is 2.79. The SMILES string of the molecule is Cc1ccc(C(=O)Oc2c(Sc3ccc(Cl)cc3)c(C)nn2C(C)(C)C)cc1C. The van der Waals surface area contributed by atoms with Crippen molar-refractivity contribution in [3.63, 3.8) is 0 Å². The first-order valence-corrected chi connectivity index (χ1v) is 10.6. The molecule has 152 valence electrons. The van der Waals surface area contributed by atoms with Gasteiger partial charge in [0.25, 0.3) is 0 Å². The largest absolute Gasteiger partial charge is 0.403 e. The quantitative estimate of drug-likeness (QED) is 0.440. The molecule has 0 saturated heterocycles. The lowest BCUT2D eigenvalue weighted by molar-refractivity contribution is 0.0704. The Morgan fingerprint density at radius 1 is 1.03 bits per heavy atom. The van der Waals surface area contributed by atoms with Gasteiger partial charge in [0.05, 0.1) is 21.7 Å². The predicted octanol–water partition coefficient (Wildman–Crippen LogP) is 6.59. The fraction of sp³-hybridized carbons (Fsp3) is 0.304. The van der Waals surface area contributed by atoms with Gasteiger partial charge in [0.15, 0.2) is 0 Å². The summed E-state index contributed by atoms with van der Waals surface area (Å²) in [4.78, 5) is 14.7. The van der Waals surface area contributed by atoms with E-state index in [0.717, 1.165) is 26.6 Å². The molecule has 0 bridgehead atoms. The van der Waals surface area contributed by atoms with Crippen LogP contribution in [0.25, 0.3) is 0 Å². The Morgan fingerprint density at radius 3 is 2.28 bits per heavy atom. The molecule has 29 heavy (non-hydrogen) atoms. The maximum Gasteiger partial charge on any atom is 0.344 e. The molecule has 0 atom stereocenters. The average Bonchev–Trinajstić information content (AvgIpc) is 2.95. The molecule has 0 spiro atoms. The van der Waals surface area contributed by atoms with Crippen molar-refractivity contribution in [3.05, 3.63) is 69.9 Å². The molecule has 0 aliphatic rings. The molecule has 0 aliphatic carbocycles. The molecule has 1 aromatic heterocycles. The molecule has 0 saturated carbocycles. The van der Waals surface area contributed by atoms with Gasteiger partial charge in [-0.2, -0.15) is 5.10 Å². The molecule has 4 nitrogen and oxygen atoms in total. The van der Waals surface area contributed by atoms with Crippen LogP contribution < -0.4 is 4.74 Å². The zero-order valence-electron chi connectivity index (χ0n) is 17.5. The number of carbonyl (C=O) groups is 1. The van der Waals surface area contributed by atoms with Crippen molar-refractivity contribution < 1.29 is 9.53 Å². The number of rotatable bonds is 4. The van der Waals surface area contributed by atoms with Crippen LogP contribution in [0.3, 0.4) is 0 Å². The summed E-state index contributed by atoms with van der Waals surface area (Å²) in [6.45, 7) is 12.0. The van der Waals surface area contributed by atoms with Gasteiger partial charge in [0.1, 0.15) is 0 Å². The van der Waals surface area contributed by atoms with Crippen LogP contribution in [-0.4, -0.2) is 15.7 Å². The number of carbonyl (C=O) groups excluding carboxylic acids is 1. The van der Waals surface area contributed by atoms with Gasteiger partial charge in [-0.05, 0) is 89.1 Å². The Labute approximate surface area is 181 Å². The van der Waals surface area contributed by atoms with E-state index in [2.05, 4.69) is 5.10 Å². The Morgan fingerprint density at radius 2 is 1.69 bits per heavy atom. The highest BCUT2D eigenvalue weighted by Gasteiger charge is 2.27. The maximum absolute atomic E-state index is 12.9. The van der Waals surface area contributed by atoms with Crippen LogP contribution in [-0.2, 0) is 5.54 Å². The number of hydrogen-bond donors (Lipinski definition) is 0. The molecular weight excluding hydrogens is 404 g/mol. The Hall–Kier alpha value is -2.24. The number of aromatic nitrogens is 2. The third-order valence-electron chi connectivity index (χ3n) is 4.57. The minimum Gasteiger partial charge on any atom is -0.403 e. The minimum absolute atomic E-state index is 0.345. The summed E-state index contributed by atoms with van der Waals surface area (Å²) in [7, 11) is 0. The second-order valence-corrected chi connectivity index (χ2v) is 9.57. The van der Waals surface area contributed by atoms with Crippen molar-refractivity contribution in [3.8, 4) is 5.88 Å². The number of aryl methyl sites for hydroxylation is 3. The summed E-state index contributed by atoms with van der Waals surface area (Å²) in [6, 6.07) is 13.1. The molecule has 2 aromatic carbocycles. The summed E-state index contributed by atoms with van der Waals surface area (Å²) in [5, 5.41) is 5.35. The topological polar surface area (TPSA) is 44.1 Å². The molecule has 3 rings (SSSR count). The lowest BCUT2D eigenvalue weighted by atomic mass is 10.1. The summed E-state index contributed by atoms with van der Waals surface area (Å²) >= 11 is 7.52. The van der Waals surface area contributed by atoms with Gasteiger partial charge in [-0.15, -0.1) is 0 Å². The maximum atomic E-state index is 12.9. The summed E-state index contributed by atoms with van der Waals surface area (Å²) < 4.78 is 7.69. The van der Waals surface area contributed by atoms with E-state index in [-0.39, 0.29) is 5.54 Å². The van der Waals surface area contributed by atoms with E-state index in [9.17, 15) is 4.79 Å². The Bertz CT molecular complexity index is 1050. The zero-order valence-corrected chi connectivity index (χ0v) is 19.1. The van der Waals surface area contributed by atoms with Crippen LogP contribution in [0.1, 0.15) is 48.0 Å². The van der Waals surface area contributed by atoms with Gasteiger partial charge in [-0.25, -0.2) is 9.48 Å². The molecule has 0 unspecified atom stereocenters. The molecule has 0 radical (unpaired) electrons. The molecular formula is C23H25ClN2O2S. The fourth-order valence-corrected chi connectivity index (χ4v) is 3.83. The first-order chi connectivity index (χ1) is 13.6. The van der Waals surface area contributed by atoms with Crippen molar-refractivity contribution in [2.75, 3.05) is 0 Å². The highest BCUT2D eigenvalue weighted by atomic mass is 35.5. The number of esters is 1. The van der Waals surface area contributed by atoms with Crippen LogP contribution in [0.15, 0.2) is 52.3 Å². The van der Waals surface area contributed by atoms with Gasteiger partial charge >= 0.3 is 5.97 Å². The van der Waals surface area contributed by atoms with E-state index >= 15 is 0 Å². The van der Waals surface area contributed by atoms with Gasteiger partial charge in [-0.3, -0.25) is 0 Å². The van der Waals surface area contributed by atoms with Gasteiger partial charge in [-0.1, -0.05) is 29.4 Å². The molecule has 1 heterocycles. The third kappa shape index (κ3) is 4.85. The minimum atomic E-state index is -0.392. The van der Waals surface area contributed by atoms with E-state index < -0.39 is 5.97 Å². The first-order valence-electron chi connectivity index (χ1n) is 9.39. The Balaban J connectivity index is 2.01. The van der Waals surface area contributed by atoms with Crippen LogP contribution in [0.5, 0.6) is 5.88 Å². The number of nitrogens with zero attached hydrogens (tertiary/aromatic N) is 2. The second kappa shape index (κ2) is 8.25. The van der Waals surface area contributed by atoms with Crippen molar-refractivity contribution in [1.29, 1.82) is 0 Å². The molecule has 0 N–H and O–H groups in total. The van der Waals surface area contributed by atoms with Crippen LogP contribution >= 0.6 is 23.4 Å². The van der Waals surface area contributed by atoms with Crippen molar-refractivity contribution in [1.82, 2.24) is 9.78 Å². The predicted molar refractivity (Wildman–Crippen MR) is 118 cm³/mol. The van der Waals surface area contributed by atoms with Crippen molar-refractivity contribution in [2.24, 2.45) is 0 Å². The molecule has 0 fully saturated rings. The lowest BCUT2D eigenvalue weighted by Crippen LogP contribution is -2.25. The zero-order chi connectivity index (χ0) is 21.3. The number of benzene rings is 2. The number of hydrogen-bond acceptors (Lipinski definition) is 4. The molecule has 0 amide bonds. The van der Waals surface area contributed by atoms with Crippen LogP contribution in [0.4, 0.5) is 0 Å². The molecule has 3 aromatic rings. The van der Waals surface area contributed by atoms with Gasteiger partial charge < -0.3 is 4.74 Å². The van der Waals surface area contributed by atoms with Gasteiger partial charge in [0.2, 0.25) is 5.88 Å². The van der Waals surface area contributed by atoms with Crippen LogP contribution in [0, 0.1) is 20.8 Å². The highest BCUT2D eigenvalue weighted by molar-refractivity contribution is 7.99. The lowest BCUT2D eigenvalue weighted by Gasteiger charge is -2.22. The summed E-state index contributed by atoms with van der Waals surface area (Å²) in [6.07, 6.45) is 0. The van der Waals surface area contributed by atoms with E-state index in [1.165, 1.54) is 11.8 Å². The third-order valence-corrected chi connectivity index (χ3v) is 6.00. The number of halogens is 1. The average molecular weight is 429 g/mol. The van der Waals surface area contributed by atoms with Crippen LogP contribution in [0.2, 0.25) is 5.02 Å². The monoisotopic (exact) mass is 428 g/mol.